The fourth-order valence-electron chi connectivity index (χ4n) is 2.35. The van der Waals surface area contributed by atoms with Crippen LogP contribution in [-0.2, 0) is 0 Å². The number of hydrogen-bond donors (Lipinski definition) is 3. The number of benzene rings is 3. The fraction of sp³-hybridized carbons (Fsp3) is 0. The van der Waals surface area contributed by atoms with E-state index in [0.717, 1.165) is 24.1 Å². The van der Waals surface area contributed by atoms with E-state index in [-0.39, 0.29) is 26.9 Å². The van der Waals surface area contributed by atoms with Crippen molar-refractivity contribution in [3.63, 3.8) is 0 Å². The van der Waals surface area contributed by atoms with E-state index in [4.69, 9.17) is 16.7 Å². The van der Waals surface area contributed by atoms with Gasteiger partial charge in [0.25, 0.3) is 0 Å². The van der Waals surface area contributed by atoms with E-state index in [1.54, 1.807) is 30.3 Å². The van der Waals surface area contributed by atoms with E-state index in [1.807, 2.05) is 0 Å². The molecule has 27 heavy (non-hydrogen) atoms. The number of rotatable bonds is 5. The number of halogens is 3. The van der Waals surface area contributed by atoms with Crippen molar-refractivity contribution in [1.29, 1.82) is 0 Å². The summed E-state index contributed by atoms with van der Waals surface area (Å²) >= 11 is 6.54. The maximum Gasteiger partial charge on any atom is 0.335 e. The summed E-state index contributed by atoms with van der Waals surface area (Å²) in [5.74, 6) is -3.73. The Morgan fingerprint density at radius 2 is 1.74 bits per heavy atom. The molecule has 3 N–H and O–H groups in total. The maximum absolute atomic E-state index is 14.2. The standard InChI is InChI=1S/C19H12ClF2NO3S/c20-13-6-12(19(25)26)9-16(18(13)24)27-23-15-8-11(7-14(21)17(15)22)10-4-2-1-3-5-10/h1-9,23-24H,(H,25,26). The van der Waals surface area contributed by atoms with Crippen LogP contribution in [0.5, 0.6) is 5.75 Å². The molecule has 0 atom stereocenters. The van der Waals surface area contributed by atoms with Crippen molar-refractivity contribution in [1.82, 2.24) is 0 Å². The highest BCUT2D eigenvalue weighted by atomic mass is 35.5. The molecule has 0 saturated heterocycles. The Bertz CT molecular complexity index is 1020. The van der Waals surface area contributed by atoms with E-state index < -0.39 is 17.6 Å². The van der Waals surface area contributed by atoms with E-state index in [9.17, 15) is 18.7 Å². The Hall–Kier alpha value is -2.77. The van der Waals surface area contributed by atoms with E-state index >= 15 is 0 Å². The van der Waals surface area contributed by atoms with Crippen molar-refractivity contribution in [2.45, 2.75) is 4.90 Å². The zero-order valence-corrected chi connectivity index (χ0v) is 15.1. The Balaban J connectivity index is 1.93. The number of phenolic OH excluding ortho intramolecular Hbond substituents is 1. The van der Waals surface area contributed by atoms with E-state index in [0.29, 0.717) is 11.1 Å². The van der Waals surface area contributed by atoms with Crippen molar-refractivity contribution < 1.29 is 23.8 Å². The predicted octanol–water partition coefficient (Wildman–Crippen LogP) is 5.81. The Morgan fingerprint density at radius 1 is 1.04 bits per heavy atom. The third kappa shape index (κ3) is 4.15. The van der Waals surface area contributed by atoms with Gasteiger partial charge in [0.2, 0.25) is 0 Å². The molecular formula is C19H12ClF2NO3S. The summed E-state index contributed by atoms with van der Waals surface area (Å²) in [4.78, 5) is 11.2. The van der Waals surface area contributed by atoms with Gasteiger partial charge in [-0.1, -0.05) is 41.9 Å². The lowest BCUT2D eigenvalue weighted by atomic mass is 10.0. The summed E-state index contributed by atoms with van der Waals surface area (Å²) < 4.78 is 30.8. The van der Waals surface area contributed by atoms with Crippen LogP contribution in [0, 0.1) is 11.6 Å². The van der Waals surface area contributed by atoms with Crippen molar-refractivity contribution in [3.05, 3.63) is 76.8 Å². The number of phenols is 1. The second-order valence-electron chi connectivity index (χ2n) is 5.50. The van der Waals surface area contributed by atoms with Gasteiger partial charge in [-0.3, -0.25) is 0 Å². The maximum atomic E-state index is 14.2. The summed E-state index contributed by atoms with van der Waals surface area (Å²) in [7, 11) is 0. The lowest BCUT2D eigenvalue weighted by Crippen LogP contribution is -1.99. The average molecular weight is 408 g/mol. The van der Waals surface area contributed by atoms with Crippen LogP contribution in [-0.4, -0.2) is 16.2 Å². The molecule has 0 spiro atoms. The molecule has 0 aliphatic heterocycles. The summed E-state index contributed by atoms with van der Waals surface area (Å²) in [6, 6.07) is 13.6. The molecule has 0 aliphatic rings. The molecule has 8 heteroatoms. The number of nitrogens with one attached hydrogen (secondary N) is 1. The van der Waals surface area contributed by atoms with Gasteiger partial charge in [-0.25, -0.2) is 13.6 Å². The lowest BCUT2D eigenvalue weighted by molar-refractivity contribution is 0.0696. The van der Waals surface area contributed by atoms with Gasteiger partial charge in [0, 0.05) is 0 Å². The molecule has 3 aromatic carbocycles. The van der Waals surface area contributed by atoms with Gasteiger partial charge < -0.3 is 14.9 Å². The number of anilines is 1. The first kappa shape index (κ1) is 19.0. The van der Waals surface area contributed by atoms with Gasteiger partial charge in [-0.05, 0) is 47.3 Å². The fourth-order valence-corrected chi connectivity index (χ4v) is 3.38. The summed E-state index contributed by atoms with van der Waals surface area (Å²) in [5, 5.41) is 18.9. The van der Waals surface area contributed by atoms with Crippen LogP contribution in [0.3, 0.4) is 0 Å². The van der Waals surface area contributed by atoms with Gasteiger partial charge in [0.1, 0.15) is 5.75 Å². The van der Waals surface area contributed by atoms with Crippen LogP contribution in [0.1, 0.15) is 10.4 Å². The monoisotopic (exact) mass is 407 g/mol. The van der Waals surface area contributed by atoms with Crippen molar-refractivity contribution in [2.75, 3.05) is 4.72 Å². The number of aromatic hydroxyl groups is 1. The number of aromatic carboxylic acids is 1. The average Bonchev–Trinajstić information content (AvgIpc) is 2.66. The zero-order chi connectivity index (χ0) is 19.6. The minimum atomic E-state index is -1.23. The van der Waals surface area contributed by atoms with E-state index in [2.05, 4.69) is 4.72 Å². The largest absolute Gasteiger partial charge is 0.505 e. The first-order chi connectivity index (χ1) is 12.9. The summed E-state index contributed by atoms with van der Waals surface area (Å²) in [6.07, 6.45) is 0. The molecule has 3 rings (SSSR count). The molecule has 0 heterocycles. The highest BCUT2D eigenvalue weighted by Crippen LogP contribution is 2.37. The normalized spacial score (nSPS) is 10.6. The molecule has 0 bridgehead atoms. The molecule has 4 nitrogen and oxygen atoms in total. The Morgan fingerprint density at radius 3 is 2.41 bits per heavy atom. The molecule has 0 aliphatic carbocycles. The molecule has 138 valence electrons. The van der Waals surface area contributed by atoms with Crippen LogP contribution >= 0.6 is 23.5 Å². The minimum absolute atomic E-state index is 0.0600. The molecule has 0 amide bonds. The third-order valence-electron chi connectivity index (χ3n) is 3.68. The van der Waals surface area contributed by atoms with Gasteiger partial charge in [-0.2, -0.15) is 0 Å². The first-order valence-electron chi connectivity index (χ1n) is 7.60. The van der Waals surface area contributed by atoms with Crippen LogP contribution in [0.2, 0.25) is 5.02 Å². The second-order valence-corrected chi connectivity index (χ2v) is 6.76. The topological polar surface area (TPSA) is 69.6 Å². The zero-order valence-electron chi connectivity index (χ0n) is 13.5. The third-order valence-corrected chi connectivity index (χ3v) is 4.82. The van der Waals surface area contributed by atoms with Gasteiger partial charge in [-0.15, -0.1) is 0 Å². The van der Waals surface area contributed by atoms with Crippen LogP contribution < -0.4 is 4.72 Å². The lowest BCUT2D eigenvalue weighted by Gasteiger charge is -2.12. The van der Waals surface area contributed by atoms with E-state index in [1.165, 1.54) is 12.1 Å². The SMILES string of the molecule is O=C(O)c1cc(Cl)c(O)c(SNc2cc(-c3ccccc3)cc(F)c2F)c1. The molecule has 0 radical (unpaired) electrons. The molecule has 0 aromatic heterocycles. The quantitative estimate of drug-likeness (QED) is 0.466. The van der Waals surface area contributed by atoms with Gasteiger partial charge in [0.05, 0.1) is 21.2 Å². The Labute approximate surface area is 162 Å². The molecular weight excluding hydrogens is 396 g/mol. The second kappa shape index (κ2) is 7.85. The molecule has 0 fully saturated rings. The number of hydrogen-bond acceptors (Lipinski definition) is 4. The molecule has 0 saturated carbocycles. The molecule has 0 unspecified atom stereocenters. The predicted molar refractivity (Wildman–Crippen MR) is 101 cm³/mol. The Kier molecular flexibility index (Phi) is 5.53. The first-order valence-corrected chi connectivity index (χ1v) is 8.79. The van der Waals surface area contributed by atoms with Crippen LogP contribution in [0.15, 0.2) is 59.5 Å². The van der Waals surface area contributed by atoms with Crippen molar-refractivity contribution in [3.8, 4) is 16.9 Å². The highest BCUT2D eigenvalue weighted by molar-refractivity contribution is 8.00. The van der Waals surface area contributed by atoms with Crippen molar-refractivity contribution >= 4 is 35.2 Å². The minimum Gasteiger partial charge on any atom is -0.505 e. The van der Waals surface area contributed by atoms with Gasteiger partial charge in [0.15, 0.2) is 11.6 Å². The van der Waals surface area contributed by atoms with Gasteiger partial charge >= 0.3 is 5.97 Å². The number of carboxylic acids is 1. The highest BCUT2D eigenvalue weighted by Gasteiger charge is 2.16. The van der Waals surface area contributed by atoms with Crippen LogP contribution in [0.4, 0.5) is 14.5 Å². The summed E-state index contributed by atoms with van der Waals surface area (Å²) in [5.41, 5.74) is 0.851. The smallest absolute Gasteiger partial charge is 0.335 e. The van der Waals surface area contributed by atoms with Crippen LogP contribution in [0.25, 0.3) is 11.1 Å². The molecule has 3 aromatic rings. The number of carboxylic acid groups (broad SMARTS) is 1. The summed E-state index contributed by atoms with van der Waals surface area (Å²) in [6.45, 7) is 0. The van der Waals surface area contributed by atoms with Crippen molar-refractivity contribution in [2.24, 2.45) is 0 Å². The number of carbonyl (C=O) groups is 1.